The van der Waals surface area contributed by atoms with E-state index in [0.717, 1.165) is 11.1 Å². The molecule has 0 N–H and O–H groups in total. The highest BCUT2D eigenvalue weighted by Gasteiger charge is 2.14. The molecule has 0 aliphatic heterocycles. The van der Waals surface area contributed by atoms with Gasteiger partial charge in [-0.25, -0.2) is 8.42 Å². The van der Waals surface area contributed by atoms with Gasteiger partial charge in [-0.1, -0.05) is 36.8 Å². The summed E-state index contributed by atoms with van der Waals surface area (Å²) in [6, 6.07) is 7.90. The van der Waals surface area contributed by atoms with Crippen LogP contribution in [0.3, 0.4) is 0 Å². The van der Waals surface area contributed by atoms with Crippen LogP contribution in [0.1, 0.15) is 18.1 Å². The monoisotopic (exact) mass is 227 g/mol. The Kier molecular flexibility index (Phi) is 3.88. The number of sulfonamides is 1. The average Bonchev–Trinajstić information content (AvgIpc) is 2.12. The van der Waals surface area contributed by atoms with Crippen LogP contribution in [0.4, 0.5) is 0 Å². The molecule has 0 fully saturated rings. The minimum atomic E-state index is -3.09. The number of rotatable bonds is 4. The third-order valence-corrected chi connectivity index (χ3v) is 3.59. The summed E-state index contributed by atoms with van der Waals surface area (Å²) in [5.74, 6) is 0. The lowest BCUT2D eigenvalue weighted by Gasteiger charge is -2.17. The quantitative estimate of drug-likeness (QED) is 0.786. The van der Waals surface area contributed by atoms with Gasteiger partial charge in [-0.2, -0.15) is 4.31 Å². The molecule has 3 nitrogen and oxygen atoms in total. The van der Waals surface area contributed by atoms with Crippen LogP contribution in [-0.2, 0) is 16.6 Å². The molecule has 0 aliphatic rings. The molecule has 1 aromatic rings. The summed E-state index contributed by atoms with van der Waals surface area (Å²) in [4.78, 5) is 0. The van der Waals surface area contributed by atoms with Gasteiger partial charge in [0.1, 0.15) is 0 Å². The minimum Gasteiger partial charge on any atom is -0.212 e. The summed E-state index contributed by atoms with van der Waals surface area (Å²) in [5.41, 5.74) is 2.18. The molecule has 1 rings (SSSR count). The van der Waals surface area contributed by atoms with Gasteiger partial charge in [0.2, 0.25) is 10.0 Å². The van der Waals surface area contributed by atoms with Crippen molar-refractivity contribution in [2.24, 2.45) is 0 Å². The SMILES string of the molecule is CCN(Cc1cccc(C)c1)S(C)(=O)=O. The Morgan fingerprint density at radius 2 is 2.00 bits per heavy atom. The highest BCUT2D eigenvalue weighted by atomic mass is 32.2. The third-order valence-electron chi connectivity index (χ3n) is 2.26. The van der Waals surface area contributed by atoms with E-state index in [1.54, 1.807) is 0 Å². The largest absolute Gasteiger partial charge is 0.212 e. The highest BCUT2D eigenvalue weighted by Crippen LogP contribution is 2.09. The van der Waals surface area contributed by atoms with Crippen LogP contribution < -0.4 is 0 Å². The second-order valence-corrected chi connectivity index (χ2v) is 5.66. The van der Waals surface area contributed by atoms with Gasteiger partial charge in [0, 0.05) is 13.1 Å². The molecule has 0 radical (unpaired) electrons. The molecule has 0 atom stereocenters. The maximum atomic E-state index is 11.4. The Hall–Kier alpha value is -0.870. The Labute approximate surface area is 91.8 Å². The third kappa shape index (κ3) is 3.64. The zero-order chi connectivity index (χ0) is 11.5. The Bertz CT molecular complexity index is 426. The van der Waals surface area contributed by atoms with E-state index in [4.69, 9.17) is 0 Å². The number of nitrogens with zero attached hydrogens (tertiary/aromatic N) is 1. The second kappa shape index (κ2) is 4.77. The molecule has 4 heteroatoms. The average molecular weight is 227 g/mol. The van der Waals surface area contributed by atoms with Crippen molar-refractivity contribution in [3.63, 3.8) is 0 Å². The van der Waals surface area contributed by atoms with Crippen molar-refractivity contribution < 1.29 is 8.42 Å². The summed E-state index contributed by atoms with van der Waals surface area (Å²) in [7, 11) is -3.09. The Balaban J connectivity index is 2.85. The van der Waals surface area contributed by atoms with Crippen LogP contribution >= 0.6 is 0 Å². The van der Waals surface area contributed by atoms with Gasteiger partial charge in [0.15, 0.2) is 0 Å². The van der Waals surface area contributed by atoms with Crippen LogP contribution in [0.15, 0.2) is 24.3 Å². The predicted molar refractivity (Wildman–Crippen MR) is 62.1 cm³/mol. The van der Waals surface area contributed by atoms with Crippen LogP contribution in [0.25, 0.3) is 0 Å². The first kappa shape index (κ1) is 12.2. The normalized spacial score (nSPS) is 12.0. The van der Waals surface area contributed by atoms with Crippen molar-refractivity contribution in [1.82, 2.24) is 4.31 Å². The van der Waals surface area contributed by atoms with E-state index in [0.29, 0.717) is 13.1 Å². The molecule has 0 heterocycles. The van der Waals surface area contributed by atoms with E-state index in [9.17, 15) is 8.42 Å². The molecule has 0 aliphatic carbocycles. The lowest BCUT2D eigenvalue weighted by Crippen LogP contribution is -2.29. The highest BCUT2D eigenvalue weighted by molar-refractivity contribution is 7.88. The van der Waals surface area contributed by atoms with Crippen LogP contribution in [0.5, 0.6) is 0 Å². The van der Waals surface area contributed by atoms with Crippen molar-refractivity contribution in [3.05, 3.63) is 35.4 Å². The topological polar surface area (TPSA) is 37.4 Å². The van der Waals surface area contributed by atoms with Gasteiger partial charge >= 0.3 is 0 Å². The van der Waals surface area contributed by atoms with Crippen molar-refractivity contribution in [3.8, 4) is 0 Å². The van der Waals surface area contributed by atoms with E-state index in [1.165, 1.54) is 10.6 Å². The molecule has 0 aromatic heterocycles. The summed E-state index contributed by atoms with van der Waals surface area (Å²) in [5, 5.41) is 0. The summed E-state index contributed by atoms with van der Waals surface area (Å²) >= 11 is 0. The molecule has 0 saturated heterocycles. The van der Waals surface area contributed by atoms with Crippen molar-refractivity contribution >= 4 is 10.0 Å². The molecular weight excluding hydrogens is 210 g/mol. The van der Waals surface area contributed by atoms with Gasteiger partial charge in [-0.15, -0.1) is 0 Å². The molecule has 0 amide bonds. The molecule has 0 unspecified atom stereocenters. The van der Waals surface area contributed by atoms with E-state index in [-0.39, 0.29) is 0 Å². The first-order valence-electron chi connectivity index (χ1n) is 4.94. The molecule has 0 bridgehead atoms. The van der Waals surface area contributed by atoms with Gasteiger partial charge in [0.05, 0.1) is 6.26 Å². The molecule has 0 saturated carbocycles. The zero-order valence-corrected chi connectivity index (χ0v) is 10.2. The first-order valence-corrected chi connectivity index (χ1v) is 6.79. The summed E-state index contributed by atoms with van der Waals surface area (Å²) < 4.78 is 24.2. The Morgan fingerprint density at radius 1 is 1.33 bits per heavy atom. The van der Waals surface area contributed by atoms with Crippen molar-refractivity contribution in [1.29, 1.82) is 0 Å². The first-order chi connectivity index (χ1) is 6.93. The van der Waals surface area contributed by atoms with Gasteiger partial charge in [-0.3, -0.25) is 0 Å². The second-order valence-electron chi connectivity index (χ2n) is 3.68. The van der Waals surface area contributed by atoms with E-state index in [1.807, 2.05) is 38.1 Å². The number of hydrogen-bond acceptors (Lipinski definition) is 2. The van der Waals surface area contributed by atoms with E-state index >= 15 is 0 Å². The van der Waals surface area contributed by atoms with Crippen LogP contribution in [0, 0.1) is 6.92 Å². The van der Waals surface area contributed by atoms with Gasteiger partial charge in [0.25, 0.3) is 0 Å². The smallest absolute Gasteiger partial charge is 0.211 e. The van der Waals surface area contributed by atoms with Gasteiger partial charge < -0.3 is 0 Å². The number of benzene rings is 1. The van der Waals surface area contributed by atoms with E-state index in [2.05, 4.69) is 0 Å². The maximum Gasteiger partial charge on any atom is 0.211 e. The fourth-order valence-electron chi connectivity index (χ4n) is 1.48. The summed E-state index contributed by atoms with van der Waals surface area (Å²) in [6.07, 6.45) is 1.24. The summed E-state index contributed by atoms with van der Waals surface area (Å²) in [6.45, 7) is 4.81. The Morgan fingerprint density at radius 3 is 2.47 bits per heavy atom. The number of hydrogen-bond donors (Lipinski definition) is 0. The molecule has 15 heavy (non-hydrogen) atoms. The fourth-order valence-corrected chi connectivity index (χ4v) is 2.33. The van der Waals surface area contributed by atoms with Gasteiger partial charge in [-0.05, 0) is 12.5 Å². The standard InChI is InChI=1S/C11H17NO2S/c1-4-12(15(3,13)14)9-11-7-5-6-10(2)8-11/h5-8H,4,9H2,1-3H3. The van der Waals surface area contributed by atoms with Crippen molar-refractivity contribution in [2.45, 2.75) is 20.4 Å². The molecular formula is C11H17NO2S. The molecule has 0 spiro atoms. The number of aryl methyl sites for hydroxylation is 1. The minimum absolute atomic E-state index is 0.455. The fraction of sp³-hybridized carbons (Fsp3) is 0.455. The zero-order valence-electron chi connectivity index (χ0n) is 9.40. The van der Waals surface area contributed by atoms with Crippen molar-refractivity contribution in [2.75, 3.05) is 12.8 Å². The predicted octanol–water partition coefficient (Wildman–Crippen LogP) is 1.78. The van der Waals surface area contributed by atoms with E-state index < -0.39 is 10.0 Å². The lowest BCUT2D eigenvalue weighted by molar-refractivity contribution is 0.428. The molecule has 1 aromatic carbocycles. The molecule has 84 valence electrons. The van der Waals surface area contributed by atoms with Crippen LogP contribution in [0.2, 0.25) is 0 Å². The maximum absolute atomic E-state index is 11.4. The van der Waals surface area contributed by atoms with Crippen LogP contribution in [-0.4, -0.2) is 25.5 Å². The lowest BCUT2D eigenvalue weighted by atomic mass is 10.1.